The average Bonchev–Trinajstić information content (AvgIpc) is 2.33. The summed E-state index contributed by atoms with van der Waals surface area (Å²) >= 11 is 0. The number of rotatable bonds is 7. The van der Waals surface area contributed by atoms with Crippen LogP contribution in [0.3, 0.4) is 0 Å². The molecule has 0 spiro atoms. The first-order valence-corrected chi connectivity index (χ1v) is 6.03. The molecule has 0 saturated carbocycles. The normalized spacial score (nSPS) is 13.0. The minimum atomic E-state index is -0.580. The van der Waals surface area contributed by atoms with Gasteiger partial charge in [0.1, 0.15) is 11.6 Å². The maximum Gasteiger partial charge on any atom is 0.130 e. The van der Waals surface area contributed by atoms with Gasteiger partial charge in [0.25, 0.3) is 0 Å². The monoisotopic (exact) mass is 258 g/mol. The van der Waals surface area contributed by atoms with Gasteiger partial charge in [0.15, 0.2) is 0 Å². The Balaban J connectivity index is 2.75. The molecule has 1 atom stereocenters. The first kappa shape index (κ1) is 15.0. The van der Waals surface area contributed by atoms with Crippen molar-refractivity contribution in [3.05, 3.63) is 35.4 Å². The predicted octanol–water partition coefficient (Wildman–Crippen LogP) is 1.93. The van der Waals surface area contributed by atoms with Crippen molar-refractivity contribution in [2.75, 3.05) is 33.4 Å². The molecule has 0 aromatic heterocycles. The van der Waals surface area contributed by atoms with Gasteiger partial charge in [-0.1, -0.05) is 6.07 Å². The molecular weight excluding hydrogens is 238 g/mol. The van der Waals surface area contributed by atoms with Crippen LogP contribution >= 0.6 is 0 Å². The molecule has 0 aliphatic carbocycles. The second-order valence-corrected chi connectivity index (χ2v) is 4.09. The molecule has 18 heavy (non-hydrogen) atoms. The number of ether oxygens (including phenoxy) is 1. The van der Waals surface area contributed by atoms with Crippen LogP contribution < -0.4 is 5.73 Å². The Bertz CT molecular complexity index is 374. The van der Waals surface area contributed by atoms with Crippen LogP contribution in [0.15, 0.2) is 18.2 Å². The molecule has 1 rings (SSSR count). The van der Waals surface area contributed by atoms with Gasteiger partial charge in [0.05, 0.1) is 6.61 Å². The van der Waals surface area contributed by atoms with E-state index in [1.165, 1.54) is 12.1 Å². The summed E-state index contributed by atoms with van der Waals surface area (Å²) in [6, 6.07) is 3.30. The highest BCUT2D eigenvalue weighted by atomic mass is 19.1. The van der Waals surface area contributed by atoms with Crippen molar-refractivity contribution in [1.29, 1.82) is 0 Å². The molecule has 0 amide bonds. The van der Waals surface area contributed by atoms with E-state index in [2.05, 4.69) is 0 Å². The van der Waals surface area contributed by atoms with Gasteiger partial charge in [-0.3, -0.25) is 4.90 Å². The highest BCUT2D eigenvalue weighted by Crippen LogP contribution is 2.21. The topological polar surface area (TPSA) is 38.5 Å². The standard InChI is InChI=1S/C13H20F2N2O/c1-3-18-7-6-17(2)13(9-16)11-5-4-10(14)8-12(11)15/h4-5,8,13H,3,6-7,9,16H2,1-2H3. The van der Waals surface area contributed by atoms with Crippen LogP contribution in [-0.2, 0) is 4.74 Å². The zero-order chi connectivity index (χ0) is 13.5. The number of benzene rings is 1. The third-order valence-electron chi connectivity index (χ3n) is 2.87. The van der Waals surface area contributed by atoms with E-state index in [-0.39, 0.29) is 12.6 Å². The van der Waals surface area contributed by atoms with E-state index in [4.69, 9.17) is 10.5 Å². The van der Waals surface area contributed by atoms with Gasteiger partial charge in [0.2, 0.25) is 0 Å². The molecular formula is C13H20F2N2O. The average molecular weight is 258 g/mol. The molecule has 2 N–H and O–H groups in total. The fourth-order valence-corrected chi connectivity index (χ4v) is 1.82. The van der Waals surface area contributed by atoms with Crippen molar-refractivity contribution in [3.8, 4) is 0 Å². The minimum Gasteiger partial charge on any atom is -0.380 e. The van der Waals surface area contributed by atoms with E-state index >= 15 is 0 Å². The zero-order valence-corrected chi connectivity index (χ0v) is 10.8. The number of hydrogen-bond acceptors (Lipinski definition) is 3. The van der Waals surface area contributed by atoms with Crippen LogP contribution in [0.1, 0.15) is 18.5 Å². The van der Waals surface area contributed by atoms with E-state index in [1.54, 1.807) is 0 Å². The van der Waals surface area contributed by atoms with Crippen molar-refractivity contribution in [2.45, 2.75) is 13.0 Å². The lowest BCUT2D eigenvalue weighted by Crippen LogP contribution is -2.33. The van der Waals surface area contributed by atoms with Crippen LogP contribution in [0.2, 0.25) is 0 Å². The lowest BCUT2D eigenvalue weighted by Gasteiger charge is -2.27. The fourth-order valence-electron chi connectivity index (χ4n) is 1.82. The smallest absolute Gasteiger partial charge is 0.130 e. The molecule has 1 unspecified atom stereocenters. The maximum atomic E-state index is 13.7. The summed E-state index contributed by atoms with van der Waals surface area (Å²) in [6.45, 7) is 4.04. The van der Waals surface area contributed by atoms with E-state index < -0.39 is 11.6 Å². The Hall–Kier alpha value is -1.04. The third kappa shape index (κ3) is 4.01. The quantitative estimate of drug-likeness (QED) is 0.760. The second kappa shape index (κ2) is 7.41. The van der Waals surface area contributed by atoms with Crippen molar-refractivity contribution < 1.29 is 13.5 Å². The Morgan fingerprint density at radius 2 is 2.11 bits per heavy atom. The van der Waals surface area contributed by atoms with Crippen LogP contribution in [-0.4, -0.2) is 38.3 Å². The van der Waals surface area contributed by atoms with Crippen molar-refractivity contribution >= 4 is 0 Å². The molecule has 1 aromatic carbocycles. The van der Waals surface area contributed by atoms with Crippen LogP contribution in [0, 0.1) is 11.6 Å². The number of hydrogen-bond donors (Lipinski definition) is 1. The van der Waals surface area contributed by atoms with Crippen molar-refractivity contribution in [2.24, 2.45) is 5.73 Å². The number of likely N-dealkylation sites (N-methyl/N-ethyl adjacent to an activating group) is 1. The summed E-state index contributed by atoms with van der Waals surface area (Å²) in [5.74, 6) is -1.14. The molecule has 1 aromatic rings. The Kier molecular flexibility index (Phi) is 6.18. The number of nitrogens with two attached hydrogens (primary N) is 1. The van der Waals surface area contributed by atoms with Gasteiger partial charge in [-0.05, 0) is 20.0 Å². The summed E-state index contributed by atoms with van der Waals surface area (Å²) in [5.41, 5.74) is 6.09. The van der Waals surface area contributed by atoms with E-state index in [9.17, 15) is 8.78 Å². The van der Waals surface area contributed by atoms with Gasteiger partial charge >= 0.3 is 0 Å². The molecule has 0 saturated heterocycles. The highest BCUT2D eigenvalue weighted by molar-refractivity contribution is 5.22. The van der Waals surface area contributed by atoms with Gasteiger partial charge in [-0.2, -0.15) is 0 Å². The lowest BCUT2D eigenvalue weighted by atomic mass is 10.0. The summed E-state index contributed by atoms with van der Waals surface area (Å²) in [5, 5.41) is 0. The van der Waals surface area contributed by atoms with Gasteiger partial charge in [-0.25, -0.2) is 8.78 Å². The first-order chi connectivity index (χ1) is 8.60. The molecule has 0 fully saturated rings. The molecule has 5 heteroatoms. The SMILES string of the molecule is CCOCCN(C)C(CN)c1ccc(F)cc1F. The second-order valence-electron chi connectivity index (χ2n) is 4.09. The molecule has 0 radical (unpaired) electrons. The third-order valence-corrected chi connectivity index (χ3v) is 2.87. The number of nitrogens with zero attached hydrogens (tertiary/aromatic N) is 1. The van der Waals surface area contributed by atoms with Gasteiger partial charge in [-0.15, -0.1) is 0 Å². The minimum absolute atomic E-state index is 0.269. The first-order valence-electron chi connectivity index (χ1n) is 6.03. The predicted molar refractivity (Wildman–Crippen MR) is 67.3 cm³/mol. The maximum absolute atomic E-state index is 13.7. The molecule has 3 nitrogen and oxygen atoms in total. The fraction of sp³-hybridized carbons (Fsp3) is 0.538. The van der Waals surface area contributed by atoms with E-state index in [1.807, 2.05) is 18.9 Å². The summed E-state index contributed by atoms with van der Waals surface area (Å²) in [6.07, 6.45) is 0. The van der Waals surface area contributed by atoms with Gasteiger partial charge < -0.3 is 10.5 Å². The van der Waals surface area contributed by atoms with Crippen molar-refractivity contribution in [1.82, 2.24) is 4.90 Å². The largest absolute Gasteiger partial charge is 0.380 e. The molecule has 0 aliphatic rings. The van der Waals surface area contributed by atoms with E-state index in [0.717, 1.165) is 6.07 Å². The van der Waals surface area contributed by atoms with E-state index in [0.29, 0.717) is 25.3 Å². The summed E-state index contributed by atoms with van der Waals surface area (Å²) in [4.78, 5) is 1.91. The highest BCUT2D eigenvalue weighted by Gasteiger charge is 2.19. The molecule has 0 aliphatic heterocycles. The Morgan fingerprint density at radius 3 is 2.67 bits per heavy atom. The molecule has 0 heterocycles. The van der Waals surface area contributed by atoms with Crippen LogP contribution in [0.4, 0.5) is 8.78 Å². The van der Waals surface area contributed by atoms with Gasteiger partial charge in [0, 0.05) is 37.4 Å². The van der Waals surface area contributed by atoms with Crippen LogP contribution in [0.5, 0.6) is 0 Å². The van der Waals surface area contributed by atoms with Crippen molar-refractivity contribution in [3.63, 3.8) is 0 Å². The summed E-state index contributed by atoms with van der Waals surface area (Å²) in [7, 11) is 1.85. The summed E-state index contributed by atoms with van der Waals surface area (Å²) < 4.78 is 31.8. The molecule has 0 bridgehead atoms. The zero-order valence-electron chi connectivity index (χ0n) is 10.8. The lowest BCUT2D eigenvalue weighted by molar-refractivity contribution is 0.108. The Labute approximate surface area is 107 Å². The number of halogens is 2. The Morgan fingerprint density at radius 1 is 1.39 bits per heavy atom. The van der Waals surface area contributed by atoms with Crippen LogP contribution in [0.25, 0.3) is 0 Å². The molecule has 102 valence electrons.